The van der Waals surface area contributed by atoms with E-state index in [2.05, 4.69) is 20.4 Å². The molecule has 0 aliphatic rings. The maximum atomic E-state index is 4.73. The first-order valence-electron chi connectivity index (χ1n) is 2.44. The van der Waals surface area contributed by atoms with Crippen molar-refractivity contribution >= 4 is 0 Å². The molecule has 56 valence electrons. The Bertz CT molecular complexity index is 58.3. The van der Waals surface area contributed by atoms with E-state index in [1.807, 2.05) is 0 Å². The van der Waals surface area contributed by atoms with Gasteiger partial charge >= 0.3 is 0 Å². The van der Waals surface area contributed by atoms with E-state index in [-0.39, 0.29) is 0 Å². The third kappa shape index (κ3) is 4.28. The van der Waals surface area contributed by atoms with E-state index in [4.69, 9.17) is 5.90 Å². The maximum Gasteiger partial charge on any atom is 0.0599 e. The van der Waals surface area contributed by atoms with Crippen molar-refractivity contribution in [2.45, 2.75) is 6.92 Å². The van der Waals surface area contributed by atoms with Crippen LogP contribution in [0.5, 0.6) is 0 Å². The molecule has 6 nitrogen and oxygen atoms in total. The standard InChI is InChI=1S/C3H11N3O3/c1-3-6(8-4)9-5-7-2/h5H,3-4H2,1-2H3. The Morgan fingerprint density at radius 1 is 1.67 bits per heavy atom. The van der Waals surface area contributed by atoms with Crippen molar-refractivity contribution < 1.29 is 14.7 Å². The molecule has 0 aromatic rings. The SMILES string of the molecule is CCN(ON)ONOC. The highest BCUT2D eigenvalue weighted by molar-refractivity contribution is 4.09. The van der Waals surface area contributed by atoms with Crippen molar-refractivity contribution in [2.24, 2.45) is 5.90 Å². The molecular formula is C3H11N3O3. The van der Waals surface area contributed by atoms with Gasteiger partial charge < -0.3 is 0 Å². The highest BCUT2D eigenvalue weighted by atomic mass is 17.1. The second-order valence-electron chi connectivity index (χ2n) is 1.13. The summed E-state index contributed by atoms with van der Waals surface area (Å²) in [4.78, 5) is 13.0. The molecule has 0 radical (unpaired) electrons. The minimum Gasteiger partial charge on any atom is -0.279 e. The van der Waals surface area contributed by atoms with Crippen LogP contribution in [-0.2, 0) is 14.7 Å². The second kappa shape index (κ2) is 5.89. The van der Waals surface area contributed by atoms with E-state index in [9.17, 15) is 0 Å². The molecule has 0 saturated carbocycles. The zero-order valence-corrected chi connectivity index (χ0v) is 5.46. The molecule has 0 aliphatic carbocycles. The quantitative estimate of drug-likeness (QED) is 0.479. The Balaban J connectivity index is 3.09. The minimum absolute atomic E-state index is 0.493. The lowest BCUT2D eigenvalue weighted by molar-refractivity contribution is -0.432. The van der Waals surface area contributed by atoms with Crippen LogP contribution in [0.15, 0.2) is 0 Å². The first-order valence-corrected chi connectivity index (χ1v) is 2.44. The number of rotatable bonds is 5. The highest BCUT2D eigenvalue weighted by Crippen LogP contribution is 1.81. The number of nitrogens with zero attached hydrogens (tertiary/aromatic N) is 1. The molecule has 0 aliphatic heterocycles. The zero-order chi connectivity index (χ0) is 7.11. The van der Waals surface area contributed by atoms with E-state index in [1.54, 1.807) is 6.92 Å². The van der Waals surface area contributed by atoms with Gasteiger partial charge in [0.15, 0.2) is 0 Å². The fraction of sp³-hybridized carbons (Fsp3) is 1.00. The summed E-state index contributed by atoms with van der Waals surface area (Å²) < 4.78 is 0. The van der Waals surface area contributed by atoms with Gasteiger partial charge in [-0.3, -0.25) is 4.84 Å². The molecule has 0 unspecified atom stereocenters. The Morgan fingerprint density at radius 2 is 2.33 bits per heavy atom. The van der Waals surface area contributed by atoms with Gasteiger partial charge in [-0.05, 0) is 12.2 Å². The molecule has 6 heteroatoms. The molecule has 0 rings (SSSR count). The minimum atomic E-state index is 0.493. The van der Waals surface area contributed by atoms with Crippen molar-refractivity contribution in [3.8, 4) is 0 Å². The predicted molar refractivity (Wildman–Crippen MR) is 28.9 cm³/mol. The van der Waals surface area contributed by atoms with Crippen LogP contribution >= 0.6 is 0 Å². The van der Waals surface area contributed by atoms with E-state index in [0.29, 0.717) is 6.54 Å². The predicted octanol–water partition coefficient (Wildman–Crippen LogP) is -0.889. The van der Waals surface area contributed by atoms with Crippen molar-refractivity contribution in [1.29, 1.82) is 0 Å². The Labute approximate surface area is 53.2 Å². The summed E-state index contributed by atoms with van der Waals surface area (Å²) in [5.74, 6) is 4.73. The van der Waals surface area contributed by atoms with Crippen LogP contribution in [0.3, 0.4) is 0 Å². The molecule has 0 bridgehead atoms. The summed E-state index contributed by atoms with van der Waals surface area (Å²) in [6, 6.07) is 0. The van der Waals surface area contributed by atoms with Gasteiger partial charge in [-0.2, -0.15) is 15.8 Å². The largest absolute Gasteiger partial charge is 0.279 e. The number of nitrogens with two attached hydrogens (primary N) is 1. The lowest BCUT2D eigenvalue weighted by Crippen LogP contribution is -2.33. The van der Waals surface area contributed by atoms with Crippen molar-refractivity contribution in [1.82, 2.24) is 10.9 Å². The average Bonchev–Trinajstić information content (AvgIpc) is 1.91. The van der Waals surface area contributed by atoms with Crippen molar-refractivity contribution in [2.75, 3.05) is 13.7 Å². The fourth-order valence-corrected chi connectivity index (χ4v) is 0.239. The third-order valence-corrected chi connectivity index (χ3v) is 0.598. The summed E-state index contributed by atoms with van der Waals surface area (Å²) >= 11 is 0. The molecule has 0 saturated heterocycles. The normalized spacial score (nSPS) is 10.7. The first kappa shape index (κ1) is 8.76. The van der Waals surface area contributed by atoms with Crippen LogP contribution in [0.4, 0.5) is 0 Å². The first-order chi connectivity index (χ1) is 4.35. The lowest BCUT2D eigenvalue weighted by Gasteiger charge is -2.13. The summed E-state index contributed by atoms with van der Waals surface area (Å²) in [5.41, 5.74) is 2.07. The second-order valence-corrected chi connectivity index (χ2v) is 1.13. The highest BCUT2D eigenvalue weighted by Gasteiger charge is 1.97. The van der Waals surface area contributed by atoms with Crippen molar-refractivity contribution in [3.05, 3.63) is 0 Å². The molecule has 0 aromatic heterocycles. The van der Waals surface area contributed by atoms with E-state index < -0.39 is 0 Å². The van der Waals surface area contributed by atoms with Crippen LogP contribution in [0.2, 0.25) is 0 Å². The van der Waals surface area contributed by atoms with Gasteiger partial charge in [-0.1, -0.05) is 5.64 Å². The average molecular weight is 137 g/mol. The van der Waals surface area contributed by atoms with Crippen molar-refractivity contribution in [3.63, 3.8) is 0 Å². The summed E-state index contributed by atoms with van der Waals surface area (Å²) in [6.45, 7) is 2.29. The fourth-order valence-electron chi connectivity index (χ4n) is 0.239. The third-order valence-electron chi connectivity index (χ3n) is 0.598. The molecule has 3 N–H and O–H groups in total. The molecule has 0 heterocycles. The molecule has 0 aromatic carbocycles. The van der Waals surface area contributed by atoms with E-state index in [0.717, 1.165) is 5.23 Å². The van der Waals surface area contributed by atoms with Crippen LogP contribution in [-0.4, -0.2) is 18.9 Å². The van der Waals surface area contributed by atoms with Crippen LogP contribution in [0, 0.1) is 0 Å². The van der Waals surface area contributed by atoms with Gasteiger partial charge in [-0.15, -0.1) is 0 Å². The molecular weight excluding hydrogens is 126 g/mol. The number of nitrogens with one attached hydrogen (secondary N) is 1. The van der Waals surface area contributed by atoms with Gasteiger partial charge in [0.25, 0.3) is 0 Å². The van der Waals surface area contributed by atoms with E-state index >= 15 is 0 Å². The van der Waals surface area contributed by atoms with E-state index in [1.165, 1.54) is 7.11 Å². The zero-order valence-electron chi connectivity index (χ0n) is 5.46. The summed E-state index contributed by atoms with van der Waals surface area (Å²) in [7, 11) is 1.41. The van der Waals surface area contributed by atoms with Gasteiger partial charge in [0.1, 0.15) is 0 Å². The number of hydrogen-bond donors (Lipinski definition) is 2. The molecule has 0 spiro atoms. The summed E-state index contributed by atoms with van der Waals surface area (Å²) in [5, 5.41) is 1.00. The smallest absolute Gasteiger partial charge is 0.0599 e. The topological polar surface area (TPSA) is 69.0 Å². The number of hydrogen-bond acceptors (Lipinski definition) is 6. The maximum absolute atomic E-state index is 4.73. The lowest BCUT2D eigenvalue weighted by atomic mass is 10.8. The Kier molecular flexibility index (Phi) is 5.73. The van der Waals surface area contributed by atoms with Gasteiger partial charge in [0, 0.05) is 0 Å². The van der Waals surface area contributed by atoms with Gasteiger partial charge in [-0.25, -0.2) is 0 Å². The van der Waals surface area contributed by atoms with Gasteiger partial charge in [0.2, 0.25) is 0 Å². The molecule has 0 atom stereocenters. The monoisotopic (exact) mass is 137 g/mol. The molecule has 9 heavy (non-hydrogen) atoms. The Morgan fingerprint density at radius 3 is 2.67 bits per heavy atom. The van der Waals surface area contributed by atoms with Crippen LogP contribution < -0.4 is 11.5 Å². The molecule has 0 amide bonds. The van der Waals surface area contributed by atoms with Crippen LogP contribution in [0.1, 0.15) is 6.92 Å². The molecule has 0 fully saturated rings. The van der Waals surface area contributed by atoms with Gasteiger partial charge in [0.05, 0.1) is 13.7 Å². The summed E-state index contributed by atoms with van der Waals surface area (Å²) in [6.07, 6.45) is 0. The Hall–Kier alpha value is -0.240. The van der Waals surface area contributed by atoms with Crippen LogP contribution in [0.25, 0.3) is 0 Å². The number of hydroxylamine groups is 2.